The number of ether oxygens (including phenoxy) is 3. The molecule has 1 fully saturated rings. The van der Waals surface area contributed by atoms with Gasteiger partial charge in [0.15, 0.2) is 6.61 Å². The topological polar surface area (TPSA) is 106 Å². The molecule has 0 aliphatic carbocycles. The number of unbranched alkanes of at least 4 members (excludes halogenated alkanes) is 1. The van der Waals surface area contributed by atoms with E-state index < -0.39 is 0 Å². The molecule has 11 heteroatoms. The van der Waals surface area contributed by atoms with Crippen molar-refractivity contribution in [3.05, 3.63) is 93.5 Å². The number of nitrogens with zero attached hydrogens (tertiary/aromatic N) is 4. The van der Waals surface area contributed by atoms with Crippen LogP contribution < -0.4 is 15.0 Å². The average molecular weight is 663 g/mol. The summed E-state index contributed by atoms with van der Waals surface area (Å²) in [5.41, 5.74) is 2.24. The molecule has 250 valence electrons. The average Bonchev–Trinajstić information content (AvgIpc) is 3.07. The van der Waals surface area contributed by atoms with Crippen LogP contribution in [0.25, 0.3) is 16.6 Å². The van der Waals surface area contributed by atoms with Gasteiger partial charge in [0.2, 0.25) is 0 Å². The molecule has 2 heterocycles. The lowest BCUT2D eigenvalue weighted by Crippen LogP contribution is -2.50. The molecule has 0 radical (unpaired) electrons. The van der Waals surface area contributed by atoms with E-state index in [9.17, 15) is 9.59 Å². The Hall–Kier alpha value is -3.96. The van der Waals surface area contributed by atoms with E-state index in [2.05, 4.69) is 4.90 Å². The number of rotatable bonds is 15. The zero-order valence-electron chi connectivity index (χ0n) is 27.1. The number of carbonyl (C=O) groups is 1. The van der Waals surface area contributed by atoms with Crippen LogP contribution in [-0.4, -0.2) is 89.1 Å². The standard InChI is InChI=1S/C36H43ClN4O6/c1-26(2)47-33-15-10-27(7-5-6-21-45-22-20-42)23-32(33)41-34(38-31-9-4-3-8-30(31)36(41)44)24-39-16-18-40(19-17-39)35(43)25-46-29-13-11-28(37)12-14-29/h3-4,8-15,23,26,42H,5-7,16-22,24-25H2,1-2H3. The highest BCUT2D eigenvalue weighted by molar-refractivity contribution is 6.30. The lowest BCUT2D eigenvalue weighted by Gasteiger charge is -2.34. The number of fused-ring (bicyclic) bond motifs is 1. The molecule has 1 aliphatic rings. The third kappa shape index (κ3) is 9.32. The zero-order chi connectivity index (χ0) is 33.2. The van der Waals surface area contributed by atoms with Crippen LogP contribution in [0.1, 0.15) is 38.1 Å². The number of aromatic nitrogens is 2. The molecule has 1 N–H and O–H groups in total. The van der Waals surface area contributed by atoms with E-state index >= 15 is 0 Å². The number of piperazine rings is 1. The first-order chi connectivity index (χ1) is 22.8. The smallest absolute Gasteiger partial charge is 0.266 e. The first kappa shape index (κ1) is 34.4. The van der Waals surface area contributed by atoms with E-state index in [1.807, 2.05) is 50.2 Å². The number of aryl methyl sites for hydroxylation is 1. The molecule has 0 bridgehead atoms. The molecule has 1 aromatic heterocycles. The molecule has 1 aliphatic heterocycles. The van der Waals surface area contributed by atoms with Gasteiger partial charge in [0.25, 0.3) is 11.5 Å². The van der Waals surface area contributed by atoms with Crippen molar-refractivity contribution in [2.24, 2.45) is 0 Å². The van der Waals surface area contributed by atoms with Gasteiger partial charge in [-0.25, -0.2) is 4.98 Å². The van der Waals surface area contributed by atoms with Gasteiger partial charge in [0.1, 0.15) is 17.3 Å². The fourth-order valence-corrected chi connectivity index (χ4v) is 5.73. The number of carbonyl (C=O) groups excluding carboxylic acids is 1. The lowest BCUT2D eigenvalue weighted by molar-refractivity contribution is -0.135. The van der Waals surface area contributed by atoms with Crippen LogP contribution in [0.15, 0.2) is 71.5 Å². The molecule has 10 nitrogen and oxygen atoms in total. The van der Waals surface area contributed by atoms with E-state index in [0.717, 1.165) is 24.8 Å². The molecule has 0 saturated carbocycles. The van der Waals surface area contributed by atoms with Gasteiger partial charge in [-0.3, -0.25) is 19.1 Å². The third-order valence-corrected chi connectivity index (χ3v) is 8.23. The Morgan fingerprint density at radius 1 is 0.979 bits per heavy atom. The molecular formula is C36H43ClN4O6. The Balaban J connectivity index is 1.35. The van der Waals surface area contributed by atoms with Crippen molar-refractivity contribution in [2.75, 3.05) is 52.6 Å². The largest absolute Gasteiger partial charge is 0.489 e. The molecular weight excluding hydrogens is 620 g/mol. The van der Waals surface area contributed by atoms with Crippen molar-refractivity contribution in [2.45, 2.75) is 45.8 Å². The monoisotopic (exact) mass is 662 g/mol. The molecule has 1 saturated heterocycles. The van der Waals surface area contributed by atoms with E-state index in [4.69, 9.17) is 35.9 Å². The maximum absolute atomic E-state index is 14.2. The Morgan fingerprint density at radius 3 is 2.49 bits per heavy atom. The second-order valence-corrected chi connectivity index (χ2v) is 12.3. The summed E-state index contributed by atoms with van der Waals surface area (Å²) in [7, 11) is 0. The number of hydrogen-bond donors (Lipinski definition) is 1. The van der Waals surface area contributed by atoms with E-state index in [0.29, 0.717) is 84.9 Å². The number of aliphatic hydroxyl groups is 1. The molecule has 4 aromatic rings. The van der Waals surface area contributed by atoms with E-state index in [-0.39, 0.29) is 30.8 Å². The number of hydrogen-bond acceptors (Lipinski definition) is 8. The van der Waals surface area contributed by atoms with Crippen LogP contribution in [0.5, 0.6) is 11.5 Å². The number of para-hydroxylation sites is 1. The minimum absolute atomic E-state index is 0.0193. The predicted octanol–water partition coefficient (Wildman–Crippen LogP) is 4.88. The van der Waals surface area contributed by atoms with Crippen molar-refractivity contribution >= 4 is 28.4 Å². The maximum Gasteiger partial charge on any atom is 0.266 e. The Bertz CT molecular complexity index is 1690. The second-order valence-electron chi connectivity index (χ2n) is 11.8. The Kier molecular flexibility index (Phi) is 12.2. The van der Waals surface area contributed by atoms with Gasteiger partial charge in [0, 0.05) is 37.8 Å². The Labute approximate surface area is 280 Å². The minimum Gasteiger partial charge on any atom is -0.489 e. The van der Waals surface area contributed by atoms with Crippen molar-refractivity contribution in [1.82, 2.24) is 19.4 Å². The van der Waals surface area contributed by atoms with Gasteiger partial charge in [-0.2, -0.15) is 0 Å². The van der Waals surface area contributed by atoms with Crippen molar-refractivity contribution < 1.29 is 24.1 Å². The maximum atomic E-state index is 14.2. The normalized spacial score (nSPS) is 13.8. The summed E-state index contributed by atoms with van der Waals surface area (Å²) in [5.74, 6) is 1.75. The summed E-state index contributed by atoms with van der Waals surface area (Å²) in [6.07, 6.45) is 2.48. The summed E-state index contributed by atoms with van der Waals surface area (Å²) in [6.45, 7) is 7.61. The molecule has 3 aromatic carbocycles. The third-order valence-electron chi connectivity index (χ3n) is 7.98. The molecule has 0 unspecified atom stereocenters. The number of benzene rings is 3. The first-order valence-corrected chi connectivity index (χ1v) is 16.6. The number of halogens is 1. The fraction of sp³-hybridized carbons (Fsp3) is 0.417. The van der Waals surface area contributed by atoms with Crippen LogP contribution in [0.4, 0.5) is 0 Å². The summed E-state index contributed by atoms with van der Waals surface area (Å²) in [5, 5.41) is 10.1. The molecule has 5 rings (SSSR count). The zero-order valence-corrected chi connectivity index (χ0v) is 27.8. The molecule has 1 amide bonds. The van der Waals surface area contributed by atoms with E-state index in [1.165, 1.54) is 0 Å². The van der Waals surface area contributed by atoms with Crippen molar-refractivity contribution in [1.29, 1.82) is 0 Å². The highest BCUT2D eigenvalue weighted by Gasteiger charge is 2.24. The quantitative estimate of drug-likeness (QED) is 0.180. The molecule has 47 heavy (non-hydrogen) atoms. The van der Waals surface area contributed by atoms with Crippen molar-refractivity contribution in [3.8, 4) is 17.2 Å². The predicted molar refractivity (Wildman–Crippen MR) is 183 cm³/mol. The first-order valence-electron chi connectivity index (χ1n) is 16.2. The summed E-state index contributed by atoms with van der Waals surface area (Å²) < 4.78 is 19.0. The Morgan fingerprint density at radius 2 is 1.74 bits per heavy atom. The SMILES string of the molecule is CC(C)Oc1ccc(CCCCOCCO)cc1-n1c(CN2CCN(C(=O)COc3ccc(Cl)cc3)CC2)nc2ccccc2c1=O. The lowest BCUT2D eigenvalue weighted by atomic mass is 10.1. The highest BCUT2D eigenvalue weighted by atomic mass is 35.5. The van der Waals surface area contributed by atoms with Gasteiger partial charge in [0.05, 0.1) is 42.5 Å². The van der Waals surface area contributed by atoms with E-state index in [1.54, 1.807) is 39.8 Å². The van der Waals surface area contributed by atoms with Crippen LogP contribution in [0, 0.1) is 0 Å². The second kappa shape index (κ2) is 16.7. The molecule has 0 atom stereocenters. The van der Waals surface area contributed by atoms with Crippen LogP contribution >= 0.6 is 11.6 Å². The van der Waals surface area contributed by atoms with Gasteiger partial charge in [-0.1, -0.05) is 29.8 Å². The number of amides is 1. The highest BCUT2D eigenvalue weighted by Crippen LogP contribution is 2.28. The molecule has 0 spiro atoms. The summed E-state index contributed by atoms with van der Waals surface area (Å²) in [6, 6.07) is 20.4. The van der Waals surface area contributed by atoms with Crippen molar-refractivity contribution in [3.63, 3.8) is 0 Å². The summed E-state index contributed by atoms with van der Waals surface area (Å²) in [4.78, 5) is 36.1. The fourth-order valence-electron chi connectivity index (χ4n) is 5.60. The van der Waals surface area contributed by atoms with Gasteiger partial charge < -0.3 is 24.2 Å². The summed E-state index contributed by atoms with van der Waals surface area (Å²) >= 11 is 5.95. The van der Waals surface area contributed by atoms with Gasteiger partial charge in [-0.05, 0) is 87.2 Å². The van der Waals surface area contributed by atoms with Crippen LogP contribution in [0.2, 0.25) is 5.02 Å². The minimum atomic E-state index is -0.151. The van der Waals surface area contributed by atoms with Crippen LogP contribution in [0.3, 0.4) is 0 Å². The van der Waals surface area contributed by atoms with Crippen LogP contribution in [-0.2, 0) is 22.5 Å². The van der Waals surface area contributed by atoms with Gasteiger partial charge >= 0.3 is 0 Å². The number of aliphatic hydroxyl groups excluding tert-OH is 1. The van der Waals surface area contributed by atoms with Gasteiger partial charge in [-0.15, -0.1) is 0 Å².